The number of carbonyl (C=O) groups excluding carboxylic acids is 1. The molecule has 0 heterocycles. The standard InChI is InChI=1S/C15H13FN2O4/c1-10-5-4-7-12(18(20)21)15(10)17-14(19)9-22-13-8-3-2-6-11(13)16/h2-8H,9H2,1H3,(H,17,19). The van der Waals surface area contributed by atoms with E-state index in [9.17, 15) is 19.3 Å². The van der Waals surface area contributed by atoms with Crippen LogP contribution in [0.15, 0.2) is 42.5 Å². The summed E-state index contributed by atoms with van der Waals surface area (Å²) in [6.07, 6.45) is 0. The average molecular weight is 304 g/mol. The summed E-state index contributed by atoms with van der Waals surface area (Å²) in [6.45, 7) is 1.19. The van der Waals surface area contributed by atoms with Crippen LogP contribution in [-0.2, 0) is 4.79 Å². The van der Waals surface area contributed by atoms with Gasteiger partial charge in [-0.25, -0.2) is 4.39 Å². The SMILES string of the molecule is Cc1cccc([N+](=O)[O-])c1NC(=O)COc1ccccc1F. The lowest BCUT2D eigenvalue weighted by molar-refractivity contribution is -0.384. The third kappa shape index (κ3) is 3.57. The van der Waals surface area contributed by atoms with E-state index in [0.29, 0.717) is 5.56 Å². The van der Waals surface area contributed by atoms with Gasteiger partial charge < -0.3 is 10.1 Å². The second-order valence-corrected chi connectivity index (χ2v) is 4.49. The molecule has 0 unspecified atom stereocenters. The lowest BCUT2D eigenvalue weighted by Gasteiger charge is -2.10. The van der Waals surface area contributed by atoms with Gasteiger partial charge in [-0.1, -0.05) is 24.3 Å². The van der Waals surface area contributed by atoms with E-state index in [2.05, 4.69) is 5.32 Å². The Morgan fingerprint density at radius 1 is 1.27 bits per heavy atom. The van der Waals surface area contributed by atoms with Gasteiger partial charge in [0.1, 0.15) is 5.69 Å². The minimum Gasteiger partial charge on any atom is -0.481 e. The van der Waals surface area contributed by atoms with Crippen molar-refractivity contribution in [1.82, 2.24) is 0 Å². The van der Waals surface area contributed by atoms with Gasteiger partial charge in [-0.3, -0.25) is 14.9 Å². The third-order valence-electron chi connectivity index (χ3n) is 2.91. The molecule has 2 rings (SSSR count). The summed E-state index contributed by atoms with van der Waals surface area (Å²) in [4.78, 5) is 22.2. The molecule has 114 valence electrons. The largest absolute Gasteiger partial charge is 0.481 e. The maximum Gasteiger partial charge on any atom is 0.293 e. The summed E-state index contributed by atoms with van der Waals surface area (Å²) in [6, 6.07) is 10.1. The number of nitro groups is 1. The summed E-state index contributed by atoms with van der Waals surface area (Å²) < 4.78 is 18.4. The van der Waals surface area contributed by atoms with E-state index < -0.39 is 23.3 Å². The van der Waals surface area contributed by atoms with Crippen molar-refractivity contribution >= 4 is 17.3 Å². The van der Waals surface area contributed by atoms with Crippen molar-refractivity contribution in [3.8, 4) is 5.75 Å². The minimum atomic E-state index is -0.611. The quantitative estimate of drug-likeness (QED) is 0.680. The number of aryl methyl sites for hydroxylation is 1. The average Bonchev–Trinajstić information content (AvgIpc) is 2.48. The van der Waals surface area contributed by atoms with E-state index in [1.54, 1.807) is 19.1 Å². The van der Waals surface area contributed by atoms with E-state index in [4.69, 9.17) is 4.74 Å². The molecule has 0 saturated heterocycles. The molecule has 0 radical (unpaired) electrons. The normalized spacial score (nSPS) is 10.1. The first-order chi connectivity index (χ1) is 10.5. The number of nitro benzene ring substituents is 1. The monoisotopic (exact) mass is 304 g/mol. The van der Waals surface area contributed by atoms with Crippen LogP contribution in [0.4, 0.5) is 15.8 Å². The molecule has 0 saturated carbocycles. The van der Waals surface area contributed by atoms with Gasteiger partial charge in [0.2, 0.25) is 0 Å². The molecule has 22 heavy (non-hydrogen) atoms. The zero-order chi connectivity index (χ0) is 16.1. The Hall–Kier alpha value is -2.96. The minimum absolute atomic E-state index is 0.0584. The highest BCUT2D eigenvalue weighted by Crippen LogP contribution is 2.27. The molecule has 2 aromatic rings. The lowest BCUT2D eigenvalue weighted by atomic mass is 10.1. The molecule has 1 N–H and O–H groups in total. The van der Waals surface area contributed by atoms with Crippen LogP contribution in [0, 0.1) is 22.9 Å². The fourth-order valence-electron chi connectivity index (χ4n) is 1.85. The van der Waals surface area contributed by atoms with E-state index in [-0.39, 0.29) is 17.1 Å². The van der Waals surface area contributed by atoms with Crippen LogP contribution >= 0.6 is 0 Å². The van der Waals surface area contributed by atoms with Crippen molar-refractivity contribution in [2.24, 2.45) is 0 Å². The molecular formula is C15H13FN2O4. The van der Waals surface area contributed by atoms with Crippen molar-refractivity contribution in [3.63, 3.8) is 0 Å². The number of benzene rings is 2. The molecule has 7 heteroatoms. The first kappa shape index (κ1) is 15.4. The van der Waals surface area contributed by atoms with E-state index >= 15 is 0 Å². The van der Waals surface area contributed by atoms with Gasteiger partial charge in [-0.05, 0) is 24.6 Å². The van der Waals surface area contributed by atoms with Gasteiger partial charge in [-0.2, -0.15) is 0 Å². The van der Waals surface area contributed by atoms with Crippen molar-refractivity contribution < 1.29 is 18.8 Å². The van der Waals surface area contributed by atoms with Crippen LogP contribution in [-0.4, -0.2) is 17.4 Å². The van der Waals surface area contributed by atoms with Gasteiger partial charge in [0, 0.05) is 6.07 Å². The van der Waals surface area contributed by atoms with E-state index in [0.717, 1.165) is 0 Å². The Bertz CT molecular complexity index is 718. The second kappa shape index (κ2) is 6.66. The van der Waals surface area contributed by atoms with Crippen molar-refractivity contribution in [2.45, 2.75) is 6.92 Å². The fourth-order valence-corrected chi connectivity index (χ4v) is 1.85. The van der Waals surface area contributed by atoms with Gasteiger partial charge >= 0.3 is 0 Å². The van der Waals surface area contributed by atoms with E-state index in [1.807, 2.05) is 0 Å². The topological polar surface area (TPSA) is 81.5 Å². The number of para-hydroxylation sites is 2. The third-order valence-corrected chi connectivity index (χ3v) is 2.91. The molecule has 0 fully saturated rings. The predicted molar refractivity (Wildman–Crippen MR) is 78.4 cm³/mol. The number of ether oxygens (including phenoxy) is 1. The van der Waals surface area contributed by atoms with Crippen LogP contribution in [0.5, 0.6) is 5.75 Å². The molecular weight excluding hydrogens is 291 g/mol. The highest BCUT2D eigenvalue weighted by molar-refractivity contribution is 5.95. The molecule has 0 aliphatic heterocycles. The summed E-state index contributed by atoms with van der Waals surface area (Å²) in [5.74, 6) is -1.25. The number of carbonyl (C=O) groups is 1. The van der Waals surface area contributed by atoms with Crippen molar-refractivity contribution in [2.75, 3.05) is 11.9 Å². The fraction of sp³-hybridized carbons (Fsp3) is 0.133. The van der Waals surface area contributed by atoms with Crippen LogP contribution < -0.4 is 10.1 Å². The number of nitrogens with zero attached hydrogens (tertiary/aromatic N) is 1. The maximum absolute atomic E-state index is 13.4. The highest BCUT2D eigenvalue weighted by Gasteiger charge is 2.18. The summed E-state index contributed by atoms with van der Waals surface area (Å²) in [7, 11) is 0. The van der Waals surface area contributed by atoms with Gasteiger partial charge in [-0.15, -0.1) is 0 Å². The summed E-state index contributed by atoms with van der Waals surface area (Å²) in [5.41, 5.74) is 0.447. The Labute approximate surface area is 125 Å². The number of anilines is 1. The Morgan fingerprint density at radius 3 is 2.68 bits per heavy atom. The predicted octanol–water partition coefficient (Wildman–Crippen LogP) is 3.06. The molecule has 1 amide bonds. The van der Waals surface area contributed by atoms with Crippen LogP contribution in [0.1, 0.15) is 5.56 Å². The number of rotatable bonds is 5. The van der Waals surface area contributed by atoms with Crippen LogP contribution in [0.3, 0.4) is 0 Å². The Balaban J connectivity index is 2.07. The Morgan fingerprint density at radius 2 is 2.00 bits per heavy atom. The molecule has 0 spiro atoms. The van der Waals surface area contributed by atoms with Crippen LogP contribution in [0.25, 0.3) is 0 Å². The number of hydrogen-bond donors (Lipinski definition) is 1. The van der Waals surface area contributed by atoms with Gasteiger partial charge in [0.05, 0.1) is 4.92 Å². The van der Waals surface area contributed by atoms with Gasteiger partial charge in [0.25, 0.3) is 11.6 Å². The van der Waals surface area contributed by atoms with Gasteiger partial charge in [0.15, 0.2) is 18.2 Å². The molecule has 0 bridgehead atoms. The smallest absolute Gasteiger partial charge is 0.293 e. The lowest BCUT2D eigenvalue weighted by Crippen LogP contribution is -2.21. The van der Waals surface area contributed by atoms with Crippen molar-refractivity contribution in [3.05, 3.63) is 64.0 Å². The number of amides is 1. The second-order valence-electron chi connectivity index (χ2n) is 4.49. The van der Waals surface area contributed by atoms with Crippen molar-refractivity contribution in [1.29, 1.82) is 0 Å². The molecule has 0 aliphatic rings. The molecule has 6 nitrogen and oxygen atoms in total. The zero-order valence-corrected chi connectivity index (χ0v) is 11.7. The molecule has 0 atom stereocenters. The maximum atomic E-state index is 13.4. The number of halogens is 1. The highest BCUT2D eigenvalue weighted by atomic mass is 19.1. The number of hydrogen-bond acceptors (Lipinski definition) is 4. The molecule has 0 aromatic heterocycles. The van der Waals surface area contributed by atoms with Crippen LogP contribution in [0.2, 0.25) is 0 Å². The Kier molecular flexibility index (Phi) is 4.67. The first-order valence-corrected chi connectivity index (χ1v) is 6.40. The summed E-state index contributed by atoms with van der Waals surface area (Å²) >= 11 is 0. The number of nitrogens with one attached hydrogen (secondary N) is 1. The first-order valence-electron chi connectivity index (χ1n) is 6.40. The molecule has 2 aromatic carbocycles. The molecule has 0 aliphatic carbocycles. The van der Waals surface area contributed by atoms with E-state index in [1.165, 1.54) is 30.3 Å². The zero-order valence-electron chi connectivity index (χ0n) is 11.7. The summed E-state index contributed by atoms with van der Waals surface area (Å²) in [5, 5.41) is 13.4.